The standard InChI is InChI=1S/C14H16N2O/c1-2-3-7-12-8-4-5-9-13(12)17-14-10-6-11-15-16-14/h4-6,8-11H,2-3,7H2,1H3. The molecule has 3 nitrogen and oxygen atoms in total. The van der Waals surface area contributed by atoms with E-state index < -0.39 is 0 Å². The summed E-state index contributed by atoms with van der Waals surface area (Å²) in [5.74, 6) is 1.41. The molecular formula is C14H16N2O. The molecule has 0 N–H and O–H groups in total. The van der Waals surface area contributed by atoms with Gasteiger partial charge in [-0.05, 0) is 30.5 Å². The molecule has 1 heterocycles. The Morgan fingerprint density at radius 1 is 1.12 bits per heavy atom. The Labute approximate surface area is 101 Å². The maximum absolute atomic E-state index is 5.73. The van der Waals surface area contributed by atoms with Gasteiger partial charge in [-0.1, -0.05) is 31.5 Å². The van der Waals surface area contributed by atoms with Crippen molar-refractivity contribution in [2.75, 3.05) is 0 Å². The number of hydrogen-bond acceptors (Lipinski definition) is 3. The van der Waals surface area contributed by atoms with E-state index in [1.807, 2.05) is 30.3 Å². The van der Waals surface area contributed by atoms with Gasteiger partial charge in [-0.25, -0.2) is 0 Å². The quantitative estimate of drug-likeness (QED) is 0.784. The van der Waals surface area contributed by atoms with Crippen molar-refractivity contribution in [2.24, 2.45) is 0 Å². The van der Waals surface area contributed by atoms with Crippen LogP contribution in [0.25, 0.3) is 0 Å². The third-order valence-corrected chi connectivity index (χ3v) is 2.53. The third kappa shape index (κ3) is 3.28. The number of nitrogens with zero attached hydrogens (tertiary/aromatic N) is 2. The van der Waals surface area contributed by atoms with E-state index in [1.165, 1.54) is 18.4 Å². The van der Waals surface area contributed by atoms with Gasteiger partial charge in [0.25, 0.3) is 0 Å². The van der Waals surface area contributed by atoms with Crippen molar-refractivity contribution in [1.29, 1.82) is 0 Å². The number of ether oxygens (including phenoxy) is 1. The van der Waals surface area contributed by atoms with E-state index in [0.717, 1.165) is 12.2 Å². The van der Waals surface area contributed by atoms with Crippen LogP contribution < -0.4 is 4.74 Å². The lowest BCUT2D eigenvalue weighted by atomic mass is 10.1. The van der Waals surface area contributed by atoms with E-state index in [4.69, 9.17) is 4.74 Å². The fourth-order valence-electron chi connectivity index (χ4n) is 1.63. The zero-order chi connectivity index (χ0) is 11.9. The van der Waals surface area contributed by atoms with Crippen LogP contribution in [0.1, 0.15) is 25.3 Å². The summed E-state index contributed by atoms with van der Waals surface area (Å²) >= 11 is 0. The van der Waals surface area contributed by atoms with Gasteiger partial charge in [0.1, 0.15) is 5.75 Å². The zero-order valence-electron chi connectivity index (χ0n) is 9.97. The van der Waals surface area contributed by atoms with Crippen LogP contribution in [0.4, 0.5) is 0 Å². The summed E-state index contributed by atoms with van der Waals surface area (Å²) in [5, 5.41) is 7.72. The second kappa shape index (κ2) is 5.99. The Kier molecular flexibility index (Phi) is 4.08. The van der Waals surface area contributed by atoms with Crippen LogP contribution in [-0.2, 0) is 6.42 Å². The Morgan fingerprint density at radius 3 is 2.76 bits per heavy atom. The Bertz CT molecular complexity index is 457. The monoisotopic (exact) mass is 228 g/mol. The first-order chi connectivity index (χ1) is 8.40. The SMILES string of the molecule is CCCCc1ccccc1Oc1cccnn1. The van der Waals surface area contributed by atoms with Crippen LogP contribution in [0, 0.1) is 0 Å². The topological polar surface area (TPSA) is 35.0 Å². The highest BCUT2D eigenvalue weighted by atomic mass is 16.5. The number of rotatable bonds is 5. The van der Waals surface area contributed by atoms with Crippen molar-refractivity contribution >= 4 is 0 Å². The molecule has 0 unspecified atom stereocenters. The maximum Gasteiger partial charge on any atom is 0.238 e. The van der Waals surface area contributed by atoms with Crippen LogP contribution in [0.5, 0.6) is 11.6 Å². The van der Waals surface area contributed by atoms with Gasteiger partial charge in [0.05, 0.1) is 0 Å². The van der Waals surface area contributed by atoms with Crippen LogP contribution in [0.3, 0.4) is 0 Å². The Balaban J connectivity index is 2.15. The van der Waals surface area contributed by atoms with Gasteiger partial charge < -0.3 is 4.74 Å². The van der Waals surface area contributed by atoms with Crippen LogP contribution >= 0.6 is 0 Å². The molecule has 1 aromatic carbocycles. The molecule has 0 saturated heterocycles. The van der Waals surface area contributed by atoms with Gasteiger partial charge in [0, 0.05) is 12.3 Å². The average molecular weight is 228 g/mol. The number of aryl methyl sites for hydroxylation is 1. The summed E-state index contributed by atoms with van der Waals surface area (Å²) < 4.78 is 5.73. The minimum absolute atomic E-state index is 0.538. The van der Waals surface area contributed by atoms with Crippen LogP contribution in [0.15, 0.2) is 42.6 Å². The van der Waals surface area contributed by atoms with Gasteiger partial charge >= 0.3 is 0 Å². The van der Waals surface area contributed by atoms with Gasteiger partial charge in [0.2, 0.25) is 5.88 Å². The highest BCUT2D eigenvalue weighted by molar-refractivity contribution is 5.35. The highest BCUT2D eigenvalue weighted by Gasteiger charge is 2.04. The van der Waals surface area contributed by atoms with E-state index in [2.05, 4.69) is 23.2 Å². The van der Waals surface area contributed by atoms with Crippen molar-refractivity contribution in [2.45, 2.75) is 26.2 Å². The molecule has 2 aromatic rings. The third-order valence-electron chi connectivity index (χ3n) is 2.53. The number of unbranched alkanes of at least 4 members (excludes halogenated alkanes) is 1. The van der Waals surface area contributed by atoms with Gasteiger partial charge in [-0.2, -0.15) is 5.10 Å². The molecule has 0 fully saturated rings. The molecule has 0 aliphatic heterocycles. The van der Waals surface area contributed by atoms with E-state index in [9.17, 15) is 0 Å². The molecule has 0 saturated carbocycles. The van der Waals surface area contributed by atoms with E-state index in [1.54, 1.807) is 6.20 Å². The van der Waals surface area contributed by atoms with Crippen molar-refractivity contribution < 1.29 is 4.74 Å². The number of para-hydroxylation sites is 1. The molecular weight excluding hydrogens is 212 g/mol. The molecule has 1 aromatic heterocycles. The molecule has 0 aliphatic carbocycles. The lowest BCUT2D eigenvalue weighted by Crippen LogP contribution is -1.94. The summed E-state index contributed by atoms with van der Waals surface area (Å²) in [4.78, 5) is 0. The lowest BCUT2D eigenvalue weighted by molar-refractivity contribution is 0.449. The smallest absolute Gasteiger partial charge is 0.238 e. The van der Waals surface area contributed by atoms with E-state index >= 15 is 0 Å². The fourth-order valence-corrected chi connectivity index (χ4v) is 1.63. The zero-order valence-corrected chi connectivity index (χ0v) is 9.97. The largest absolute Gasteiger partial charge is 0.437 e. The molecule has 0 bridgehead atoms. The minimum atomic E-state index is 0.538. The lowest BCUT2D eigenvalue weighted by Gasteiger charge is -2.09. The maximum atomic E-state index is 5.73. The number of aromatic nitrogens is 2. The summed E-state index contributed by atoms with van der Waals surface area (Å²) in [6, 6.07) is 11.7. The molecule has 0 amide bonds. The van der Waals surface area contributed by atoms with Crippen molar-refractivity contribution in [3.63, 3.8) is 0 Å². The molecule has 0 atom stereocenters. The van der Waals surface area contributed by atoms with E-state index in [-0.39, 0.29) is 0 Å². The van der Waals surface area contributed by atoms with Crippen LogP contribution in [0.2, 0.25) is 0 Å². The van der Waals surface area contributed by atoms with Crippen LogP contribution in [-0.4, -0.2) is 10.2 Å². The second-order valence-corrected chi connectivity index (χ2v) is 3.88. The average Bonchev–Trinajstić information content (AvgIpc) is 2.39. The first-order valence-corrected chi connectivity index (χ1v) is 5.93. The molecule has 17 heavy (non-hydrogen) atoms. The summed E-state index contributed by atoms with van der Waals surface area (Å²) in [6.07, 6.45) is 5.02. The molecule has 88 valence electrons. The predicted octanol–water partition coefficient (Wildman–Crippen LogP) is 3.61. The van der Waals surface area contributed by atoms with Crippen molar-refractivity contribution in [3.8, 4) is 11.6 Å². The van der Waals surface area contributed by atoms with Gasteiger partial charge in [0.15, 0.2) is 0 Å². The van der Waals surface area contributed by atoms with Gasteiger partial charge in [-0.15, -0.1) is 5.10 Å². The fraction of sp³-hybridized carbons (Fsp3) is 0.286. The normalized spacial score (nSPS) is 10.2. The predicted molar refractivity (Wildman–Crippen MR) is 67.2 cm³/mol. The molecule has 3 heteroatoms. The Morgan fingerprint density at radius 2 is 2.00 bits per heavy atom. The van der Waals surface area contributed by atoms with Crippen molar-refractivity contribution in [1.82, 2.24) is 10.2 Å². The second-order valence-electron chi connectivity index (χ2n) is 3.88. The Hall–Kier alpha value is -1.90. The summed E-state index contributed by atoms with van der Waals surface area (Å²) in [6.45, 7) is 2.19. The van der Waals surface area contributed by atoms with E-state index in [0.29, 0.717) is 5.88 Å². The number of hydrogen-bond donors (Lipinski definition) is 0. The van der Waals surface area contributed by atoms with Crippen molar-refractivity contribution in [3.05, 3.63) is 48.2 Å². The molecule has 2 rings (SSSR count). The van der Waals surface area contributed by atoms with Gasteiger partial charge in [-0.3, -0.25) is 0 Å². The highest BCUT2D eigenvalue weighted by Crippen LogP contribution is 2.24. The minimum Gasteiger partial charge on any atom is -0.437 e. The molecule has 0 radical (unpaired) electrons. The molecule has 0 spiro atoms. The number of benzene rings is 1. The summed E-state index contributed by atoms with van der Waals surface area (Å²) in [7, 11) is 0. The summed E-state index contributed by atoms with van der Waals surface area (Å²) in [5.41, 5.74) is 1.22. The molecule has 0 aliphatic rings. The first-order valence-electron chi connectivity index (χ1n) is 5.93. The first kappa shape index (κ1) is 11.6.